The van der Waals surface area contributed by atoms with Gasteiger partial charge in [-0.15, -0.1) is 0 Å². The van der Waals surface area contributed by atoms with Crippen LogP contribution in [0.5, 0.6) is 0 Å². The highest BCUT2D eigenvalue weighted by Crippen LogP contribution is 2.30. The zero-order chi connectivity index (χ0) is 13.0. The molecule has 3 N–H and O–H groups in total. The van der Waals surface area contributed by atoms with Crippen LogP contribution in [0.2, 0.25) is 0 Å². The van der Waals surface area contributed by atoms with Gasteiger partial charge in [0.25, 0.3) is 0 Å². The molecule has 0 aromatic carbocycles. The van der Waals surface area contributed by atoms with Gasteiger partial charge in [-0.3, -0.25) is 4.79 Å². The molecule has 0 atom stereocenters. The first-order valence-corrected chi connectivity index (χ1v) is 6.12. The van der Waals surface area contributed by atoms with Crippen LogP contribution in [0.15, 0.2) is 0 Å². The largest absolute Gasteiger partial charge is 0.351 e. The van der Waals surface area contributed by atoms with Crippen molar-refractivity contribution in [3.8, 4) is 0 Å². The first kappa shape index (κ1) is 15.4. The molecule has 0 aliphatic rings. The fraction of sp³-hybridized carbons (Fsp3) is 0.923. The summed E-state index contributed by atoms with van der Waals surface area (Å²) in [5, 5.41) is 3.09. The number of amides is 1. The Balaban J connectivity index is 4.39. The fourth-order valence-corrected chi connectivity index (χ4v) is 2.20. The molecule has 0 aliphatic carbocycles. The van der Waals surface area contributed by atoms with E-state index in [2.05, 4.69) is 33.0 Å². The van der Waals surface area contributed by atoms with Gasteiger partial charge < -0.3 is 11.1 Å². The smallest absolute Gasteiger partial charge is 0.222 e. The number of nitrogens with one attached hydrogen (secondary N) is 1. The van der Waals surface area contributed by atoms with Crippen LogP contribution in [0.3, 0.4) is 0 Å². The van der Waals surface area contributed by atoms with E-state index in [4.69, 9.17) is 5.73 Å². The summed E-state index contributed by atoms with van der Waals surface area (Å²) in [5.41, 5.74) is 5.60. The molecular weight excluding hydrogens is 200 g/mol. The summed E-state index contributed by atoms with van der Waals surface area (Å²) in [6.07, 6.45) is 1.92. The molecule has 0 saturated carbocycles. The third-order valence-corrected chi connectivity index (χ3v) is 2.73. The molecule has 3 heteroatoms. The second-order valence-electron chi connectivity index (χ2n) is 6.41. The Morgan fingerprint density at radius 3 is 2.12 bits per heavy atom. The fourth-order valence-electron chi connectivity index (χ4n) is 2.20. The van der Waals surface area contributed by atoms with E-state index in [0.717, 1.165) is 12.8 Å². The zero-order valence-corrected chi connectivity index (χ0v) is 11.7. The van der Waals surface area contributed by atoms with Crippen LogP contribution in [-0.2, 0) is 4.79 Å². The summed E-state index contributed by atoms with van der Waals surface area (Å²) in [6.45, 7) is 13.1. The Bertz CT molecular complexity index is 232. The van der Waals surface area contributed by atoms with Gasteiger partial charge in [-0.1, -0.05) is 27.7 Å². The van der Waals surface area contributed by atoms with Crippen LogP contribution in [0.1, 0.15) is 54.4 Å². The lowest BCUT2D eigenvalue weighted by atomic mass is 9.77. The molecule has 0 saturated heterocycles. The lowest BCUT2D eigenvalue weighted by Gasteiger charge is -2.36. The summed E-state index contributed by atoms with van der Waals surface area (Å²) in [5.74, 6) is 0.158. The van der Waals surface area contributed by atoms with Crippen LogP contribution in [0.25, 0.3) is 0 Å². The molecule has 0 radical (unpaired) electrons. The number of hydrogen-bond donors (Lipinski definition) is 2. The van der Waals surface area contributed by atoms with Gasteiger partial charge in [0.2, 0.25) is 5.91 Å². The van der Waals surface area contributed by atoms with Crippen molar-refractivity contribution in [2.24, 2.45) is 17.1 Å². The minimum atomic E-state index is -0.167. The van der Waals surface area contributed by atoms with Gasteiger partial charge in [0, 0.05) is 11.5 Å². The molecule has 0 spiro atoms. The number of hydrogen-bond acceptors (Lipinski definition) is 2. The molecule has 96 valence electrons. The molecule has 0 aromatic heterocycles. The Morgan fingerprint density at radius 1 is 1.25 bits per heavy atom. The minimum absolute atomic E-state index is 0.0388. The SMILES string of the molecule is CC(C)C(=O)NC(C)(C)CC(C)(C)CCN. The molecule has 0 unspecified atom stereocenters. The molecule has 0 aromatic rings. The molecule has 0 rings (SSSR count). The van der Waals surface area contributed by atoms with E-state index in [9.17, 15) is 4.79 Å². The van der Waals surface area contributed by atoms with Crippen molar-refractivity contribution in [2.75, 3.05) is 6.54 Å². The maximum atomic E-state index is 11.7. The van der Waals surface area contributed by atoms with Gasteiger partial charge >= 0.3 is 0 Å². The maximum Gasteiger partial charge on any atom is 0.222 e. The summed E-state index contributed by atoms with van der Waals surface area (Å²) >= 11 is 0. The normalized spacial score (nSPS) is 13.0. The van der Waals surface area contributed by atoms with E-state index in [1.807, 2.05) is 13.8 Å². The summed E-state index contributed by atoms with van der Waals surface area (Å²) in [7, 11) is 0. The van der Waals surface area contributed by atoms with E-state index in [1.165, 1.54) is 0 Å². The lowest BCUT2D eigenvalue weighted by molar-refractivity contribution is -0.125. The number of carbonyl (C=O) groups excluding carboxylic acids is 1. The average Bonchev–Trinajstić information content (AvgIpc) is 1.99. The van der Waals surface area contributed by atoms with Crippen molar-refractivity contribution >= 4 is 5.91 Å². The quantitative estimate of drug-likeness (QED) is 0.733. The summed E-state index contributed by atoms with van der Waals surface area (Å²) in [4.78, 5) is 11.7. The Kier molecular flexibility index (Phi) is 5.47. The lowest BCUT2D eigenvalue weighted by Crippen LogP contribution is -2.47. The summed E-state index contributed by atoms with van der Waals surface area (Å²) < 4.78 is 0. The second-order valence-corrected chi connectivity index (χ2v) is 6.41. The molecule has 0 fully saturated rings. The molecule has 3 nitrogen and oxygen atoms in total. The van der Waals surface area contributed by atoms with Crippen molar-refractivity contribution < 1.29 is 4.79 Å². The third-order valence-electron chi connectivity index (χ3n) is 2.73. The van der Waals surface area contributed by atoms with E-state index < -0.39 is 0 Å². The highest BCUT2D eigenvalue weighted by Gasteiger charge is 2.29. The topological polar surface area (TPSA) is 55.1 Å². The van der Waals surface area contributed by atoms with Gasteiger partial charge in [-0.2, -0.15) is 0 Å². The Labute approximate surface area is 100 Å². The Hall–Kier alpha value is -0.570. The number of carbonyl (C=O) groups is 1. The van der Waals surface area contributed by atoms with Crippen molar-refractivity contribution in [1.82, 2.24) is 5.32 Å². The van der Waals surface area contributed by atoms with Crippen LogP contribution in [-0.4, -0.2) is 18.0 Å². The van der Waals surface area contributed by atoms with Crippen LogP contribution in [0, 0.1) is 11.3 Å². The third kappa shape index (κ3) is 6.11. The molecule has 0 aliphatic heterocycles. The Morgan fingerprint density at radius 2 is 1.75 bits per heavy atom. The van der Waals surface area contributed by atoms with E-state index in [-0.39, 0.29) is 22.8 Å². The van der Waals surface area contributed by atoms with Gasteiger partial charge in [0.1, 0.15) is 0 Å². The van der Waals surface area contributed by atoms with Crippen LogP contribution in [0.4, 0.5) is 0 Å². The highest BCUT2D eigenvalue weighted by molar-refractivity contribution is 5.78. The monoisotopic (exact) mass is 228 g/mol. The van der Waals surface area contributed by atoms with E-state index >= 15 is 0 Å². The van der Waals surface area contributed by atoms with Gasteiger partial charge in [-0.25, -0.2) is 0 Å². The zero-order valence-electron chi connectivity index (χ0n) is 11.7. The van der Waals surface area contributed by atoms with Crippen molar-refractivity contribution in [1.29, 1.82) is 0 Å². The standard InChI is InChI=1S/C13H28N2O/c1-10(2)11(16)15-13(5,6)9-12(3,4)7-8-14/h10H,7-9,14H2,1-6H3,(H,15,16). The molecule has 16 heavy (non-hydrogen) atoms. The van der Waals surface area contributed by atoms with E-state index in [0.29, 0.717) is 6.54 Å². The van der Waals surface area contributed by atoms with Crippen molar-refractivity contribution in [3.63, 3.8) is 0 Å². The predicted octanol–water partition coefficient (Wildman–Crippen LogP) is 2.30. The number of nitrogens with two attached hydrogens (primary N) is 1. The van der Waals surface area contributed by atoms with Crippen molar-refractivity contribution in [2.45, 2.75) is 59.9 Å². The first-order valence-electron chi connectivity index (χ1n) is 6.12. The predicted molar refractivity (Wildman–Crippen MR) is 69.1 cm³/mol. The first-order chi connectivity index (χ1) is 7.09. The minimum Gasteiger partial charge on any atom is -0.351 e. The average molecular weight is 228 g/mol. The summed E-state index contributed by atoms with van der Waals surface area (Å²) in [6, 6.07) is 0. The second kappa shape index (κ2) is 5.67. The van der Waals surface area contributed by atoms with Crippen molar-refractivity contribution in [3.05, 3.63) is 0 Å². The van der Waals surface area contributed by atoms with Crippen LogP contribution >= 0.6 is 0 Å². The van der Waals surface area contributed by atoms with E-state index in [1.54, 1.807) is 0 Å². The maximum absolute atomic E-state index is 11.7. The van der Waals surface area contributed by atoms with Crippen LogP contribution < -0.4 is 11.1 Å². The van der Waals surface area contributed by atoms with Gasteiger partial charge in [0.05, 0.1) is 0 Å². The highest BCUT2D eigenvalue weighted by atomic mass is 16.2. The van der Waals surface area contributed by atoms with Gasteiger partial charge in [-0.05, 0) is 38.6 Å². The number of rotatable bonds is 6. The molecular formula is C13H28N2O. The molecule has 0 bridgehead atoms. The molecule has 1 amide bonds. The molecule has 0 heterocycles. The van der Waals surface area contributed by atoms with Gasteiger partial charge in [0.15, 0.2) is 0 Å².